The van der Waals surface area contributed by atoms with E-state index in [1.807, 2.05) is 39.0 Å². The molecular formula is C22H31NO4. The quantitative estimate of drug-likeness (QED) is 0.797. The molecule has 0 N–H and O–H groups in total. The van der Waals surface area contributed by atoms with Gasteiger partial charge in [-0.2, -0.15) is 0 Å². The molecule has 27 heavy (non-hydrogen) atoms. The van der Waals surface area contributed by atoms with Gasteiger partial charge in [0.2, 0.25) is 0 Å². The highest BCUT2D eigenvalue weighted by Gasteiger charge is 2.43. The van der Waals surface area contributed by atoms with Crippen molar-refractivity contribution in [2.45, 2.75) is 71.5 Å². The number of carbonyl (C=O) groups excluding carboxylic acids is 2. The van der Waals surface area contributed by atoms with E-state index in [1.165, 1.54) is 0 Å². The lowest BCUT2D eigenvalue weighted by atomic mass is 9.74. The Morgan fingerprint density at radius 2 is 2.19 bits per heavy atom. The molecule has 1 saturated carbocycles. The second kappa shape index (κ2) is 8.01. The van der Waals surface area contributed by atoms with Gasteiger partial charge < -0.3 is 14.4 Å². The molecule has 1 aliphatic carbocycles. The van der Waals surface area contributed by atoms with Crippen LogP contribution in [-0.4, -0.2) is 41.6 Å². The van der Waals surface area contributed by atoms with Crippen LogP contribution in [-0.2, 0) is 9.53 Å². The van der Waals surface area contributed by atoms with Gasteiger partial charge in [0.05, 0.1) is 11.7 Å². The van der Waals surface area contributed by atoms with Crippen molar-refractivity contribution in [3.8, 4) is 5.75 Å². The summed E-state index contributed by atoms with van der Waals surface area (Å²) < 4.78 is 11.9. The summed E-state index contributed by atoms with van der Waals surface area (Å²) >= 11 is 0. The number of ketones is 1. The molecular weight excluding hydrogens is 342 g/mol. The third-order valence-electron chi connectivity index (χ3n) is 5.71. The summed E-state index contributed by atoms with van der Waals surface area (Å²) in [5.74, 6) is 1.48. The zero-order valence-corrected chi connectivity index (χ0v) is 16.9. The normalized spacial score (nSPS) is 25.9. The largest absolute Gasteiger partial charge is 0.491 e. The van der Waals surface area contributed by atoms with Crippen molar-refractivity contribution in [3.63, 3.8) is 0 Å². The highest BCUT2D eigenvalue weighted by molar-refractivity contribution is 5.94. The Bertz CT molecular complexity index is 704. The first kappa shape index (κ1) is 19.9. The summed E-state index contributed by atoms with van der Waals surface area (Å²) in [7, 11) is 0. The molecule has 2 aliphatic rings. The first-order valence-electron chi connectivity index (χ1n) is 10.0. The Morgan fingerprint density at radius 3 is 2.78 bits per heavy atom. The maximum Gasteiger partial charge on any atom is 0.255 e. The molecule has 0 aromatic heterocycles. The summed E-state index contributed by atoms with van der Waals surface area (Å²) in [5, 5.41) is 0. The number of hydrogen-bond acceptors (Lipinski definition) is 4. The fourth-order valence-electron chi connectivity index (χ4n) is 4.21. The molecule has 1 aromatic carbocycles. The van der Waals surface area contributed by atoms with Gasteiger partial charge >= 0.3 is 0 Å². The number of aryl methyl sites for hydroxylation is 1. The lowest BCUT2D eigenvalue weighted by Crippen LogP contribution is -2.52. The number of benzene rings is 1. The SMILES string of the molecule is CCC1CC(=O)CC2(CCN(C(=O)c3ccc(OC(C)C)c(C)c3)CO2)C1. The van der Waals surface area contributed by atoms with Crippen molar-refractivity contribution in [2.24, 2.45) is 5.92 Å². The Labute approximate surface area is 162 Å². The molecule has 1 aliphatic heterocycles. The van der Waals surface area contributed by atoms with E-state index in [4.69, 9.17) is 9.47 Å². The smallest absolute Gasteiger partial charge is 0.255 e. The fraction of sp³-hybridized carbons (Fsp3) is 0.636. The van der Waals surface area contributed by atoms with Gasteiger partial charge in [-0.15, -0.1) is 0 Å². The van der Waals surface area contributed by atoms with Crippen molar-refractivity contribution in [1.29, 1.82) is 0 Å². The predicted octanol–water partition coefficient (Wildman–Crippen LogP) is 4.12. The molecule has 2 atom stereocenters. The van der Waals surface area contributed by atoms with Crippen LogP contribution in [0.4, 0.5) is 0 Å². The highest BCUT2D eigenvalue weighted by Crippen LogP contribution is 2.39. The van der Waals surface area contributed by atoms with Crippen LogP contribution in [0.3, 0.4) is 0 Å². The Kier molecular flexibility index (Phi) is 5.89. The van der Waals surface area contributed by atoms with Gasteiger partial charge in [-0.3, -0.25) is 9.59 Å². The summed E-state index contributed by atoms with van der Waals surface area (Å²) in [6.07, 6.45) is 3.93. The van der Waals surface area contributed by atoms with Gasteiger partial charge in [0.25, 0.3) is 5.91 Å². The molecule has 1 spiro atoms. The third kappa shape index (κ3) is 4.52. The molecule has 3 rings (SSSR count). The molecule has 1 aromatic rings. The average Bonchev–Trinajstić information content (AvgIpc) is 2.62. The van der Waals surface area contributed by atoms with Crippen molar-refractivity contribution in [1.82, 2.24) is 4.90 Å². The minimum Gasteiger partial charge on any atom is -0.491 e. The standard InChI is InChI=1S/C22H31NO4/c1-5-17-11-19(24)13-22(12-17)8-9-23(14-26-22)21(25)18-6-7-20(16(4)10-18)27-15(2)3/h6-7,10,15,17H,5,8-9,11-14H2,1-4H3. The lowest BCUT2D eigenvalue weighted by molar-refractivity contribution is -0.161. The van der Waals surface area contributed by atoms with E-state index in [0.717, 1.165) is 30.6 Å². The van der Waals surface area contributed by atoms with Crippen LogP contribution < -0.4 is 4.74 Å². The van der Waals surface area contributed by atoms with Gasteiger partial charge in [0.1, 0.15) is 18.3 Å². The first-order valence-corrected chi connectivity index (χ1v) is 10.0. The zero-order chi connectivity index (χ0) is 19.6. The number of ether oxygens (including phenoxy) is 2. The molecule has 2 fully saturated rings. The highest BCUT2D eigenvalue weighted by atomic mass is 16.5. The van der Waals surface area contributed by atoms with Crippen LogP contribution in [0.25, 0.3) is 0 Å². The van der Waals surface area contributed by atoms with E-state index in [9.17, 15) is 9.59 Å². The number of nitrogens with zero attached hydrogens (tertiary/aromatic N) is 1. The average molecular weight is 373 g/mol. The number of carbonyl (C=O) groups is 2. The van der Waals surface area contributed by atoms with Gasteiger partial charge in [-0.25, -0.2) is 0 Å². The third-order valence-corrected chi connectivity index (χ3v) is 5.71. The molecule has 148 valence electrons. The van der Waals surface area contributed by atoms with E-state index in [0.29, 0.717) is 36.7 Å². The van der Waals surface area contributed by atoms with Gasteiger partial charge in [0, 0.05) is 24.9 Å². The van der Waals surface area contributed by atoms with Crippen molar-refractivity contribution < 1.29 is 19.1 Å². The van der Waals surface area contributed by atoms with Gasteiger partial charge in [-0.05, 0) is 63.3 Å². The number of rotatable bonds is 4. The van der Waals surface area contributed by atoms with Crippen LogP contribution in [0, 0.1) is 12.8 Å². The van der Waals surface area contributed by atoms with Crippen LogP contribution >= 0.6 is 0 Å². The monoisotopic (exact) mass is 373 g/mol. The van der Waals surface area contributed by atoms with Crippen LogP contribution in [0.2, 0.25) is 0 Å². The predicted molar refractivity (Wildman–Crippen MR) is 104 cm³/mol. The summed E-state index contributed by atoms with van der Waals surface area (Å²) in [4.78, 5) is 26.7. The molecule has 1 heterocycles. The summed E-state index contributed by atoms with van der Waals surface area (Å²) in [5.41, 5.74) is 1.24. The van der Waals surface area contributed by atoms with Crippen LogP contribution in [0.5, 0.6) is 5.75 Å². The topological polar surface area (TPSA) is 55.8 Å². The maximum absolute atomic E-state index is 12.9. The minimum absolute atomic E-state index is 0.0294. The Balaban J connectivity index is 1.65. The van der Waals surface area contributed by atoms with Crippen LogP contribution in [0.15, 0.2) is 18.2 Å². The molecule has 5 heteroatoms. The van der Waals surface area contributed by atoms with E-state index in [2.05, 4.69) is 6.92 Å². The molecule has 1 saturated heterocycles. The number of hydrogen-bond donors (Lipinski definition) is 0. The van der Waals surface area contributed by atoms with Gasteiger partial charge in [0.15, 0.2) is 0 Å². The molecule has 2 unspecified atom stereocenters. The number of amides is 1. The minimum atomic E-state index is -0.363. The Hall–Kier alpha value is -1.88. The lowest BCUT2D eigenvalue weighted by Gasteiger charge is -2.45. The summed E-state index contributed by atoms with van der Waals surface area (Å²) in [6.45, 7) is 8.94. The van der Waals surface area contributed by atoms with E-state index >= 15 is 0 Å². The molecule has 5 nitrogen and oxygen atoms in total. The van der Waals surface area contributed by atoms with E-state index in [1.54, 1.807) is 4.90 Å². The summed E-state index contributed by atoms with van der Waals surface area (Å²) in [6, 6.07) is 5.55. The Morgan fingerprint density at radius 1 is 1.41 bits per heavy atom. The number of Topliss-reactive ketones (excluding diaryl/α,β-unsaturated/α-hetero) is 1. The van der Waals surface area contributed by atoms with E-state index in [-0.39, 0.29) is 24.3 Å². The van der Waals surface area contributed by atoms with Crippen molar-refractivity contribution >= 4 is 11.7 Å². The van der Waals surface area contributed by atoms with Crippen LogP contribution in [0.1, 0.15) is 68.8 Å². The second-order valence-electron chi connectivity index (χ2n) is 8.32. The van der Waals surface area contributed by atoms with E-state index < -0.39 is 0 Å². The fourth-order valence-corrected chi connectivity index (χ4v) is 4.21. The molecule has 1 amide bonds. The van der Waals surface area contributed by atoms with Crippen molar-refractivity contribution in [3.05, 3.63) is 29.3 Å². The second-order valence-corrected chi connectivity index (χ2v) is 8.32. The zero-order valence-electron chi connectivity index (χ0n) is 16.9. The van der Waals surface area contributed by atoms with Gasteiger partial charge in [-0.1, -0.05) is 13.3 Å². The molecule has 0 bridgehead atoms. The van der Waals surface area contributed by atoms with Crippen molar-refractivity contribution in [2.75, 3.05) is 13.3 Å². The maximum atomic E-state index is 12.9. The first-order chi connectivity index (χ1) is 12.8. The molecule has 0 radical (unpaired) electrons.